The number of carbonyl (C=O) groups excluding carboxylic acids is 1. The zero-order chi connectivity index (χ0) is 17.9. The molecule has 2 aromatic carbocycles. The standard InChI is InChI=1S/C21H22N2O3/c1-25-17-5-3-6-18(12-17)26-14-21(24)23(16-8-9-16)13-15-4-2-7-20-19(15)10-11-22-20/h2-7,10-12,16,22H,8-9,13-14H2,1H3. The number of H-pyrrole nitrogens is 1. The summed E-state index contributed by atoms with van der Waals surface area (Å²) in [6.45, 7) is 0.646. The zero-order valence-corrected chi connectivity index (χ0v) is 14.8. The van der Waals surface area contributed by atoms with Gasteiger partial charge in [0.15, 0.2) is 6.61 Å². The summed E-state index contributed by atoms with van der Waals surface area (Å²) in [6, 6.07) is 15.9. The lowest BCUT2D eigenvalue weighted by Crippen LogP contribution is -2.36. The van der Waals surface area contributed by atoms with Crippen molar-refractivity contribution < 1.29 is 14.3 Å². The Bertz CT molecular complexity index is 914. The molecule has 0 aliphatic heterocycles. The maximum Gasteiger partial charge on any atom is 0.261 e. The zero-order valence-electron chi connectivity index (χ0n) is 14.8. The molecule has 1 amide bonds. The first-order valence-corrected chi connectivity index (χ1v) is 8.86. The van der Waals surface area contributed by atoms with Gasteiger partial charge in [-0.15, -0.1) is 0 Å². The van der Waals surface area contributed by atoms with Gasteiger partial charge >= 0.3 is 0 Å². The third-order valence-electron chi connectivity index (χ3n) is 4.74. The highest BCUT2D eigenvalue weighted by molar-refractivity contribution is 5.84. The first-order valence-electron chi connectivity index (χ1n) is 8.86. The predicted octanol–water partition coefficient (Wildman–Crippen LogP) is 3.75. The molecule has 0 bridgehead atoms. The molecule has 1 aliphatic carbocycles. The quantitative estimate of drug-likeness (QED) is 0.706. The highest BCUT2D eigenvalue weighted by Crippen LogP contribution is 2.30. The molecule has 5 heteroatoms. The van der Waals surface area contributed by atoms with Crippen LogP contribution in [0.15, 0.2) is 54.7 Å². The lowest BCUT2D eigenvalue weighted by atomic mass is 10.1. The van der Waals surface area contributed by atoms with Gasteiger partial charge in [0.05, 0.1) is 7.11 Å². The first kappa shape index (κ1) is 16.5. The molecular formula is C21H22N2O3. The van der Waals surface area contributed by atoms with Crippen LogP contribution in [0.25, 0.3) is 10.9 Å². The predicted molar refractivity (Wildman–Crippen MR) is 100 cm³/mol. The summed E-state index contributed by atoms with van der Waals surface area (Å²) in [5, 5.41) is 1.17. The van der Waals surface area contributed by atoms with E-state index in [1.807, 2.05) is 41.4 Å². The van der Waals surface area contributed by atoms with Gasteiger partial charge in [-0.1, -0.05) is 18.2 Å². The van der Waals surface area contributed by atoms with Gasteiger partial charge < -0.3 is 19.4 Å². The normalized spacial score (nSPS) is 13.6. The Balaban J connectivity index is 1.46. The number of hydrogen-bond acceptors (Lipinski definition) is 3. The van der Waals surface area contributed by atoms with E-state index in [0.29, 0.717) is 24.1 Å². The average Bonchev–Trinajstić information content (AvgIpc) is 3.40. The molecular weight excluding hydrogens is 328 g/mol. The highest BCUT2D eigenvalue weighted by atomic mass is 16.5. The van der Waals surface area contributed by atoms with Gasteiger partial charge in [0.1, 0.15) is 11.5 Å². The van der Waals surface area contributed by atoms with Crippen molar-refractivity contribution in [1.82, 2.24) is 9.88 Å². The van der Waals surface area contributed by atoms with Crippen LogP contribution in [0.2, 0.25) is 0 Å². The van der Waals surface area contributed by atoms with Crippen molar-refractivity contribution in [1.29, 1.82) is 0 Å². The average molecular weight is 350 g/mol. The second-order valence-corrected chi connectivity index (χ2v) is 6.58. The van der Waals surface area contributed by atoms with Crippen molar-refractivity contribution in [2.75, 3.05) is 13.7 Å². The number of aromatic amines is 1. The van der Waals surface area contributed by atoms with Crippen LogP contribution in [0.4, 0.5) is 0 Å². The van der Waals surface area contributed by atoms with Gasteiger partial charge in [0.25, 0.3) is 5.91 Å². The van der Waals surface area contributed by atoms with Gasteiger partial charge in [0, 0.05) is 35.8 Å². The molecule has 5 nitrogen and oxygen atoms in total. The van der Waals surface area contributed by atoms with Crippen molar-refractivity contribution >= 4 is 16.8 Å². The first-order chi connectivity index (χ1) is 12.7. The molecule has 0 spiro atoms. The third kappa shape index (κ3) is 3.52. The molecule has 1 saturated carbocycles. The van der Waals surface area contributed by atoms with Gasteiger partial charge in [-0.25, -0.2) is 0 Å². The van der Waals surface area contributed by atoms with E-state index in [0.717, 1.165) is 23.9 Å². The van der Waals surface area contributed by atoms with Crippen LogP contribution < -0.4 is 9.47 Å². The number of rotatable bonds is 7. The number of hydrogen-bond donors (Lipinski definition) is 1. The maximum atomic E-state index is 12.8. The fourth-order valence-electron chi connectivity index (χ4n) is 3.20. The van der Waals surface area contributed by atoms with Crippen LogP contribution in [0.3, 0.4) is 0 Å². The molecule has 0 atom stereocenters. The lowest BCUT2D eigenvalue weighted by Gasteiger charge is -2.23. The molecule has 1 heterocycles. The summed E-state index contributed by atoms with van der Waals surface area (Å²) in [4.78, 5) is 18.0. The van der Waals surface area contributed by atoms with E-state index in [9.17, 15) is 4.79 Å². The Kier molecular flexibility index (Phi) is 4.52. The minimum Gasteiger partial charge on any atom is -0.497 e. The summed E-state index contributed by atoms with van der Waals surface area (Å²) >= 11 is 0. The van der Waals surface area contributed by atoms with Crippen molar-refractivity contribution in [3.05, 3.63) is 60.3 Å². The minimum atomic E-state index is 0.0165. The number of aromatic nitrogens is 1. The van der Waals surface area contributed by atoms with Crippen molar-refractivity contribution in [3.63, 3.8) is 0 Å². The molecule has 0 saturated heterocycles. The molecule has 0 radical (unpaired) electrons. The SMILES string of the molecule is COc1cccc(OCC(=O)N(Cc2cccc3[nH]ccc23)C2CC2)c1. The van der Waals surface area contributed by atoms with Crippen LogP contribution >= 0.6 is 0 Å². The van der Waals surface area contributed by atoms with Crippen molar-refractivity contribution in [3.8, 4) is 11.5 Å². The molecule has 1 aromatic heterocycles. The molecule has 1 aliphatic rings. The van der Waals surface area contributed by atoms with E-state index in [2.05, 4.69) is 17.1 Å². The summed E-state index contributed by atoms with van der Waals surface area (Å²) in [6.07, 6.45) is 4.06. The monoisotopic (exact) mass is 350 g/mol. The number of nitrogens with one attached hydrogen (secondary N) is 1. The van der Waals surface area contributed by atoms with E-state index in [1.165, 1.54) is 5.39 Å². The lowest BCUT2D eigenvalue weighted by molar-refractivity contribution is -0.134. The second kappa shape index (κ2) is 7.12. The number of carbonyl (C=O) groups is 1. The molecule has 26 heavy (non-hydrogen) atoms. The van der Waals surface area contributed by atoms with Crippen molar-refractivity contribution in [2.24, 2.45) is 0 Å². The van der Waals surface area contributed by atoms with Gasteiger partial charge in [-0.05, 0) is 42.7 Å². The topological polar surface area (TPSA) is 54.6 Å². The summed E-state index contributed by atoms with van der Waals surface area (Å²) in [7, 11) is 1.61. The molecule has 4 rings (SSSR count). The van der Waals surface area contributed by atoms with Gasteiger partial charge in [0.2, 0.25) is 0 Å². The Morgan fingerprint density at radius 2 is 1.96 bits per heavy atom. The minimum absolute atomic E-state index is 0.0165. The van der Waals surface area contributed by atoms with Gasteiger partial charge in [-0.3, -0.25) is 4.79 Å². The summed E-state index contributed by atoms with van der Waals surface area (Å²) < 4.78 is 10.9. The highest BCUT2D eigenvalue weighted by Gasteiger charge is 2.33. The van der Waals surface area contributed by atoms with E-state index in [-0.39, 0.29) is 12.5 Å². The number of ether oxygens (including phenoxy) is 2. The van der Waals surface area contributed by atoms with E-state index < -0.39 is 0 Å². The Morgan fingerprint density at radius 1 is 1.15 bits per heavy atom. The maximum absolute atomic E-state index is 12.8. The fraction of sp³-hybridized carbons (Fsp3) is 0.286. The van der Waals surface area contributed by atoms with Crippen LogP contribution in [0, 0.1) is 0 Å². The summed E-state index contributed by atoms with van der Waals surface area (Å²) in [5.74, 6) is 1.37. The largest absolute Gasteiger partial charge is 0.497 e. The van der Waals surface area contributed by atoms with E-state index in [1.54, 1.807) is 13.2 Å². The molecule has 0 unspecified atom stereocenters. The molecule has 134 valence electrons. The Morgan fingerprint density at radius 3 is 2.77 bits per heavy atom. The van der Waals surface area contributed by atoms with Crippen molar-refractivity contribution in [2.45, 2.75) is 25.4 Å². The number of nitrogens with zero attached hydrogens (tertiary/aromatic N) is 1. The number of methoxy groups -OCH3 is 1. The summed E-state index contributed by atoms with van der Waals surface area (Å²) in [5.41, 5.74) is 2.25. The second-order valence-electron chi connectivity index (χ2n) is 6.58. The molecule has 3 aromatic rings. The number of benzene rings is 2. The van der Waals surface area contributed by atoms with E-state index >= 15 is 0 Å². The van der Waals surface area contributed by atoms with Crippen LogP contribution in [-0.2, 0) is 11.3 Å². The molecule has 1 fully saturated rings. The van der Waals surface area contributed by atoms with E-state index in [4.69, 9.17) is 9.47 Å². The van der Waals surface area contributed by atoms with Crippen LogP contribution in [0.5, 0.6) is 11.5 Å². The Labute approximate surface area is 152 Å². The van der Waals surface area contributed by atoms with Crippen LogP contribution in [-0.4, -0.2) is 35.5 Å². The van der Waals surface area contributed by atoms with Gasteiger partial charge in [-0.2, -0.15) is 0 Å². The Hall–Kier alpha value is -2.95. The smallest absolute Gasteiger partial charge is 0.261 e. The fourth-order valence-corrected chi connectivity index (χ4v) is 3.20. The molecule has 1 N–H and O–H groups in total. The number of fused-ring (bicyclic) bond motifs is 1. The van der Waals surface area contributed by atoms with Crippen LogP contribution in [0.1, 0.15) is 18.4 Å². The number of amides is 1. The third-order valence-corrected chi connectivity index (χ3v) is 4.74.